The molecule has 1 saturated heterocycles. The summed E-state index contributed by atoms with van der Waals surface area (Å²) in [6.45, 7) is 4.19. The standard InChI is InChI=1S/C11H21N3O2/c1-9(7-12-2)11(16)14-6-4-5-13(3)10(15)8-14/h9,12H,4-8H2,1-3H3. The molecule has 0 aliphatic carbocycles. The third-order valence-corrected chi connectivity index (χ3v) is 2.92. The van der Waals surface area contributed by atoms with E-state index in [9.17, 15) is 9.59 Å². The second kappa shape index (κ2) is 5.84. The van der Waals surface area contributed by atoms with Crippen LogP contribution in [0.3, 0.4) is 0 Å². The van der Waals surface area contributed by atoms with Gasteiger partial charge in [-0.05, 0) is 13.5 Å². The highest BCUT2D eigenvalue weighted by Gasteiger charge is 2.25. The van der Waals surface area contributed by atoms with Crippen LogP contribution in [0.25, 0.3) is 0 Å². The summed E-state index contributed by atoms with van der Waals surface area (Å²) in [6.07, 6.45) is 0.861. The Bertz CT molecular complexity index is 268. The van der Waals surface area contributed by atoms with Crippen LogP contribution in [0.15, 0.2) is 0 Å². The molecule has 0 bridgehead atoms. The smallest absolute Gasteiger partial charge is 0.241 e. The van der Waals surface area contributed by atoms with E-state index >= 15 is 0 Å². The summed E-state index contributed by atoms with van der Waals surface area (Å²) in [5.74, 6) is 0.0294. The fourth-order valence-corrected chi connectivity index (χ4v) is 1.88. The molecule has 1 aliphatic heterocycles. The van der Waals surface area contributed by atoms with Crippen molar-refractivity contribution in [2.24, 2.45) is 5.92 Å². The maximum atomic E-state index is 12.0. The molecule has 1 rings (SSSR count). The average Bonchev–Trinajstić information content (AvgIpc) is 2.41. The third-order valence-electron chi connectivity index (χ3n) is 2.92. The van der Waals surface area contributed by atoms with Gasteiger partial charge in [-0.3, -0.25) is 9.59 Å². The Balaban J connectivity index is 2.58. The average molecular weight is 227 g/mol. The van der Waals surface area contributed by atoms with Crippen LogP contribution in [-0.4, -0.2) is 61.9 Å². The summed E-state index contributed by atoms with van der Waals surface area (Å²) in [4.78, 5) is 27.0. The molecule has 1 heterocycles. The van der Waals surface area contributed by atoms with Crippen molar-refractivity contribution in [3.8, 4) is 0 Å². The minimum absolute atomic E-state index is 0.0301. The van der Waals surface area contributed by atoms with E-state index in [1.807, 2.05) is 14.0 Å². The van der Waals surface area contributed by atoms with Gasteiger partial charge in [-0.15, -0.1) is 0 Å². The first-order valence-electron chi connectivity index (χ1n) is 5.73. The van der Waals surface area contributed by atoms with Crippen LogP contribution >= 0.6 is 0 Å². The molecule has 5 heteroatoms. The van der Waals surface area contributed by atoms with Crippen LogP contribution < -0.4 is 5.32 Å². The fourth-order valence-electron chi connectivity index (χ4n) is 1.88. The third kappa shape index (κ3) is 3.20. The summed E-state index contributed by atoms with van der Waals surface area (Å²) in [5, 5.41) is 2.98. The minimum Gasteiger partial charge on any atom is -0.344 e. The Morgan fingerprint density at radius 2 is 2.19 bits per heavy atom. The van der Waals surface area contributed by atoms with E-state index in [-0.39, 0.29) is 24.3 Å². The summed E-state index contributed by atoms with van der Waals surface area (Å²) in [7, 11) is 3.61. The van der Waals surface area contributed by atoms with Crippen LogP contribution in [0.5, 0.6) is 0 Å². The molecule has 1 fully saturated rings. The van der Waals surface area contributed by atoms with Crippen molar-refractivity contribution >= 4 is 11.8 Å². The lowest BCUT2D eigenvalue weighted by atomic mass is 10.1. The highest BCUT2D eigenvalue weighted by molar-refractivity contribution is 5.86. The van der Waals surface area contributed by atoms with E-state index in [4.69, 9.17) is 0 Å². The number of hydrogen-bond donors (Lipinski definition) is 1. The first kappa shape index (κ1) is 13.0. The van der Waals surface area contributed by atoms with Crippen molar-refractivity contribution in [1.29, 1.82) is 0 Å². The lowest BCUT2D eigenvalue weighted by Crippen LogP contribution is -2.42. The van der Waals surface area contributed by atoms with E-state index in [1.165, 1.54) is 0 Å². The summed E-state index contributed by atoms with van der Waals surface area (Å²) >= 11 is 0. The Kier molecular flexibility index (Phi) is 4.73. The lowest BCUT2D eigenvalue weighted by molar-refractivity contribution is -0.140. The molecule has 1 atom stereocenters. The van der Waals surface area contributed by atoms with Gasteiger partial charge in [-0.2, -0.15) is 0 Å². The van der Waals surface area contributed by atoms with Crippen molar-refractivity contribution in [2.75, 3.05) is 40.3 Å². The second-order valence-electron chi connectivity index (χ2n) is 4.39. The van der Waals surface area contributed by atoms with Crippen LogP contribution in [0.1, 0.15) is 13.3 Å². The molecular weight excluding hydrogens is 206 g/mol. The number of nitrogens with zero attached hydrogens (tertiary/aromatic N) is 2. The number of carbonyl (C=O) groups excluding carboxylic acids is 2. The van der Waals surface area contributed by atoms with Crippen molar-refractivity contribution < 1.29 is 9.59 Å². The minimum atomic E-state index is -0.0683. The topological polar surface area (TPSA) is 52.7 Å². The van der Waals surface area contributed by atoms with Crippen LogP contribution in [0, 0.1) is 5.92 Å². The largest absolute Gasteiger partial charge is 0.344 e. The van der Waals surface area contributed by atoms with Gasteiger partial charge in [0.15, 0.2) is 0 Å². The molecule has 0 aromatic rings. The van der Waals surface area contributed by atoms with Gasteiger partial charge in [0.05, 0.1) is 6.54 Å². The van der Waals surface area contributed by atoms with Gasteiger partial charge < -0.3 is 15.1 Å². The van der Waals surface area contributed by atoms with Gasteiger partial charge in [0.25, 0.3) is 0 Å². The second-order valence-corrected chi connectivity index (χ2v) is 4.39. The number of carbonyl (C=O) groups is 2. The van der Waals surface area contributed by atoms with Crippen molar-refractivity contribution in [3.05, 3.63) is 0 Å². The van der Waals surface area contributed by atoms with Crippen LogP contribution in [0.2, 0.25) is 0 Å². The van der Waals surface area contributed by atoms with E-state index in [2.05, 4.69) is 5.32 Å². The SMILES string of the molecule is CNCC(C)C(=O)N1CCCN(C)C(=O)C1. The Hall–Kier alpha value is -1.10. The molecule has 0 radical (unpaired) electrons. The lowest BCUT2D eigenvalue weighted by Gasteiger charge is -2.23. The first-order valence-corrected chi connectivity index (χ1v) is 5.73. The maximum absolute atomic E-state index is 12.0. The predicted octanol–water partition coefficient (Wildman–Crippen LogP) is -0.467. The monoisotopic (exact) mass is 227 g/mol. The summed E-state index contributed by atoms with van der Waals surface area (Å²) in [6, 6.07) is 0. The zero-order valence-electron chi connectivity index (χ0n) is 10.3. The van der Waals surface area contributed by atoms with Crippen molar-refractivity contribution in [2.45, 2.75) is 13.3 Å². The molecule has 16 heavy (non-hydrogen) atoms. The molecule has 0 aromatic carbocycles. The Morgan fingerprint density at radius 3 is 2.81 bits per heavy atom. The van der Waals surface area contributed by atoms with E-state index in [0.29, 0.717) is 13.1 Å². The number of likely N-dealkylation sites (N-methyl/N-ethyl adjacent to an activating group) is 1. The van der Waals surface area contributed by atoms with Crippen LogP contribution in [-0.2, 0) is 9.59 Å². The van der Waals surface area contributed by atoms with Crippen molar-refractivity contribution in [3.63, 3.8) is 0 Å². The highest BCUT2D eigenvalue weighted by Crippen LogP contribution is 2.07. The van der Waals surface area contributed by atoms with E-state index in [1.54, 1.807) is 16.8 Å². The molecule has 0 saturated carbocycles. The van der Waals surface area contributed by atoms with E-state index in [0.717, 1.165) is 13.0 Å². The Morgan fingerprint density at radius 1 is 1.50 bits per heavy atom. The van der Waals surface area contributed by atoms with Gasteiger partial charge in [0.1, 0.15) is 0 Å². The quantitative estimate of drug-likeness (QED) is 0.709. The number of nitrogens with one attached hydrogen (secondary N) is 1. The fraction of sp³-hybridized carbons (Fsp3) is 0.818. The maximum Gasteiger partial charge on any atom is 0.241 e. The summed E-state index contributed by atoms with van der Waals surface area (Å²) in [5.41, 5.74) is 0. The molecule has 92 valence electrons. The molecule has 1 aliphatic rings. The van der Waals surface area contributed by atoms with Crippen LogP contribution in [0.4, 0.5) is 0 Å². The molecule has 2 amide bonds. The van der Waals surface area contributed by atoms with Gasteiger partial charge >= 0.3 is 0 Å². The Labute approximate surface area is 96.8 Å². The highest BCUT2D eigenvalue weighted by atomic mass is 16.2. The van der Waals surface area contributed by atoms with Gasteiger partial charge in [0, 0.05) is 32.6 Å². The molecule has 1 N–H and O–H groups in total. The normalized spacial score (nSPS) is 19.6. The zero-order valence-corrected chi connectivity index (χ0v) is 10.3. The molecule has 0 spiro atoms. The zero-order chi connectivity index (χ0) is 12.1. The molecular formula is C11H21N3O2. The van der Waals surface area contributed by atoms with E-state index < -0.39 is 0 Å². The van der Waals surface area contributed by atoms with Crippen molar-refractivity contribution in [1.82, 2.24) is 15.1 Å². The number of amides is 2. The number of hydrogen-bond acceptors (Lipinski definition) is 3. The summed E-state index contributed by atoms with van der Waals surface area (Å²) < 4.78 is 0. The van der Waals surface area contributed by atoms with Gasteiger partial charge in [-0.25, -0.2) is 0 Å². The van der Waals surface area contributed by atoms with Gasteiger partial charge in [0.2, 0.25) is 11.8 Å². The molecule has 1 unspecified atom stereocenters. The molecule has 5 nitrogen and oxygen atoms in total. The predicted molar refractivity (Wildman–Crippen MR) is 61.9 cm³/mol. The first-order chi connectivity index (χ1) is 7.56. The van der Waals surface area contributed by atoms with Gasteiger partial charge in [-0.1, -0.05) is 6.92 Å². The molecule has 0 aromatic heterocycles. The number of rotatable bonds is 3.